The lowest BCUT2D eigenvalue weighted by Crippen LogP contribution is -1.96. The molecule has 0 unspecified atom stereocenters. The number of para-hydroxylation sites is 3. The summed E-state index contributed by atoms with van der Waals surface area (Å²) in [5.41, 5.74) is 5.49. The van der Waals surface area contributed by atoms with Gasteiger partial charge in [0.2, 0.25) is 0 Å². The predicted octanol–water partition coefficient (Wildman–Crippen LogP) is 5.51. The summed E-state index contributed by atoms with van der Waals surface area (Å²) in [7, 11) is 5.12. The minimum absolute atomic E-state index is 0.443. The first-order chi connectivity index (χ1) is 17.1. The molecule has 0 N–H and O–H groups in total. The van der Waals surface area contributed by atoms with Gasteiger partial charge in [-0.3, -0.25) is 0 Å². The van der Waals surface area contributed by atoms with Gasteiger partial charge in [-0.1, -0.05) is 30.3 Å². The minimum Gasteiger partial charge on any atom is -0.493 e. The van der Waals surface area contributed by atoms with Crippen molar-refractivity contribution in [1.29, 1.82) is 5.26 Å². The molecule has 0 atom stereocenters. The van der Waals surface area contributed by atoms with Crippen molar-refractivity contribution in [2.45, 2.75) is 0 Å². The Bertz CT molecular complexity index is 1590. The van der Waals surface area contributed by atoms with Crippen molar-refractivity contribution in [3.63, 3.8) is 0 Å². The summed E-state index contributed by atoms with van der Waals surface area (Å²) in [5.74, 6) is 1.83. The van der Waals surface area contributed by atoms with Crippen molar-refractivity contribution in [3.05, 3.63) is 90.4 Å². The number of fused-ring (bicyclic) bond motifs is 1. The molecule has 0 fully saturated rings. The fourth-order valence-corrected chi connectivity index (χ4v) is 4.10. The Labute approximate surface area is 203 Å². The summed E-state index contributed by atoms with van der Waals surface area (Å²) in [4.78, 5) is 4.71. The molecular formula is C28H23N5O2. The number of aryl methyl sites for hydroxylation is 1. The van der Waals surface area contributed by atoms with Gasteiger partial charge in [0.1, 0.15) is 11.8 Å². The van der Waals surface area contributed by atoms with Crippen LogP contribution in [-0.4, -0.2) is 33.6 Å². The van der Waals surface area contributed by atoms with Crippen molar-refractivity contribution in [1.82, 2.24) is 19.3 Å². The molecule has 7 nitrogen and oxygen atoms in total. The van der Waals surface area contributed by atoms with Crippen molar-refractivity contribution in [3.8, 4) is 34.5 Å². The number of imidazole rings is 1. The molecule has 0 aliphatic carbocycles. The average molecular weight is 462 g/mol. The number of hydrogen-bond acceptors (Lipinski definition) is 5. The van der Waals surface area contributed by atoms with Crippen LogP contribution in [0, 0.1) is 11.3 Å². The van der Waals surface area contributed by atoms with Crippen LogP contribution in [0.15, 0.2) is 79.0 Å². The van der Waals surface area contributed by atoms with Gasteiger partial charge in [0.25, 0.3) is 0 Å². The van der Waals surface area contributed by atoms with E-state index in [-0.39, 0.29) is 0 Å². The number of aromatic nitrogens is 4. The third kappa shape index (κ3) is 4.02. The second-order valence-electron chi connectivity index (χ2n) is 7.94. The molecule has 0 aliphatic rings. The van der Waals surface area contributed by atoms with E-state index >= 15 is 0 Å². The van der Waals surface area contributed by atoms with Crippen molar-refractivity contribution in [2.75, 3.05) is 14.2 Å². The summed E-state index contributed by atoms with van der Waals surface area (Å²) in [6.07, 6.45) is 3.75. The lowest BCUT2D eigenvalue weighted by atomic mass is 10.1. The molecule has 2 aromatic heterocycles. The van der Waals surface area contributed by atoms with Crippen molar-refractivity contribution >= 4 is 22.7 Å². The minimum atomic E-state index is 0.443. The van der Waals surface area contributed by atoms with E-state index in [1.165, 1.54) is 0 Å². The predicted molar refractivity (Wildman–Crippen MR) is 136 cm³/mol. The van der Waals surface area contributed by atoms with Crippen LogP contribution >= 0.6 is 0 Å². The van der Waals surface area contributed by atoms with Gasteiger partial charge in [-0.15, -0.1) is 0 Å². The Hall–Kier alpha value is -4.83. The molecule has 0 radical (unpaired) electrons. The smallest absolute Gasteiger partial charge is 0.161 e. The zero-order chi connectivity index (χ0) is 24.4. The number of nitriles is 1. The fraction of sp³-hybridized carbons (Fsp3) is 0.107. The highest BCUT2D eigenvalue weighted by atomic mass is 16.5. The first-order valence-electron chi connectivity index (χ1n) is 11.0. The second kappa shape index (κ2) is 9.20. The standard InChI is InChI=1S/C28H23N5O2/c1-32-24-12-8-7-11-23(24)30-28(32)20(17-29)15-21-18-33(22-9-5-4-6-10-22)31-27(21)19-13-14-25(34-2)26(16-19)35-3/h4-16,18H,1-3H3/b20-15+. The number of hydrogen-bond donors (Lipinski definition) is 0. The maximum Gasteiger partial charge on any atom is 0.161 e. The van der Waals surface area contributed by atoms with Gasteiger partial charge in [-0.05, 0) is 48.5 Å². The van der Waals surface area contributed by atoms with E-state index in [0.29, 0.717) is 28.6 Å². The molecule has 0 aliphatic heterocycles. The van der Waals surface area contributed by atoms with E-state index < -0.39 is 0 Å². The summed E-state index contributed by atoms with van der Waals surface area (Å²) in [6, 6.07) is 25.7. The first kappa shape index (κ1) is 22.0. The molecule has 0 saturated heterocycles. The molecule has 5 aromatic rings. The second-order valence-corrected chi connectivity index (χ2v) is 7.94. The van der Waals surface area contributed by atoms with Crippen LogP contribution in [0.2, 0.25) is 0 Å². The molecular weight excluding hydrogens is 438 g/mol. The van der Waals surface area contributed by atoms with Gasteiger partial charge in [0.05, 0.1) is 36.5 Å². The molecule has 0 saturated carbocycles. The third-order valence-electron chi connectivity index (χ3n) is 5.87. The highest BCUT2D eigenvalue weighted by Crippen LogP contribution is 2.34. The number of ether oxygens (including phenoxy) is 2. The number of rotatable bonds is 6. The normalized spacial score (nSPS) is 11.4. The molecule has 0 spiro atoms. The van der Waals surface area contributed by atoms with Crippen LogP contribution in [0.4, 0.5) is 0 Å². The summed E-state index contributed by atoms with van der Waals surface area (Å²) < 4.78 is 14.6. The average Bonchev–Trinajstić information content (AvgIpc) is 3.48. The largest absolute Gasteiger partial charge is 0.493 e. The topological polar surface area (TPSA) is 77.9 Å². The Morgan fingerprint density at radius 1 is 0.943 bits per heavy atom. The van der Waals surface area contributed by atoms with Crippen LogP contribution in [0.1, 0.15) is 11.4 Å². The number of nitrogens with zero attached hydrogens (tertiary/aromatic N) is 5. The van der Waals surface area contributed by atoms with Gasteiger partial charge in [-0.2, -0.15) is 10.4 Å². The van der Waals surface area contributed by atoms with E-state index in [9.17, 15) is 5.26 Å². The van der Waals surface area contributed by atoms with Gasteiger partial charge in [0, 0.05) is 24.4 Å². The van der Waals surface area contributed by atoms with Gasteiger partial charge in [0.15, 0.2) is 17.3 Å². The van der Waals surface area contributed by atoms with E-state index in [2.05, 4.69) is 6.07 Å². The summed E-state index contributed by atoms with van der Waals surface area (Å²) in [5, 5.41) is 15.0. The van der Waals surface area contributed by atoms with Crippen LogP contribution in [0.3, 0.4) is 0 Å². The summed E-state index contributed by atoms with van der Waals surface area (Å²) >= 11 is 0. The maximum absolute atomic E-state index is 10.1. The van der Waals surface area contributed by atoms with Gasteiger partial charge < -0.3 is 14.0 Å². The Kier molecular flexibility index (Phi) is 5.78. The quantitative estimate of drug-likeness (QED) is 0.312. The van der Waals surface area contributed by atoms with Crippen LogP contribution in [0.25, 0.3) is 39.6 Å². The molecule has 3 aromatic carbocycles. The first-order valence-corrected chi connectivity index (χ1v) is 11.0. The highest BCUT2D eigenvalue weighted by molar-refractivity contribution is 5.93. The summed E-state index contributed by atoms with van der Waals surface area (Å²) in [6.45, 7) is 0. The number of methoxy groups -OCH3 is 2. The molecule has 5 rings (SSSR count). The van der Waals surface area contributed by atoms with Crippen molar-refractivity contribution < 1.29 is 9.47 Å². The molecule has 2 heterocycles. The third-order valence-corrected chi connectivity index (χ3v) is 5.87. The van der Waals surface area contributed by atoms with Crippen LogP contribution in [0.5, 0.6) is 11.5 Å². The Morgan fingerprint density at radius 3 is 2.40 bits per heavy atom. The molecule has 35 heavy (non-hydrogen) atoms. The van der Waals surface area contributed by atoms with E-state index in [0.717, 1.165) is 27.8 Å². The van der Waals surface area contributed by atoms with Gasteiger partial charge in [-0.25, -0.2) is 9.67 Å². The van der Waals surface area contributed by atoms with E-state index in [1.54, 1.807) is 14.2 Å². The van der Waals surface area contributed by atoms with Crippen molar-refractivity contribution in [2.24, 2.45) is 7.05 Å². The van der Waals surface area contributed by atoms with Crippen LogP contribution in [-0.2, 0) is 7.05 Å². The number of benzene rings is 3. The number of allylic oxidation sites excluding steroid dienone is 1. The molecule has 0 bridgehead atoms. The molecule has 7 heteroatoms. The van der Waals surface area contributed by atoms with E-state index in [1.807, 2.05) is 101 Å². The lowest BCUT2D eigenvalue weighted by molar-refractivity contribution is 0.355. The Balaban J connectivity index is 1.70. The molecule has 0 amide bonds. The van der Waals surface area contributed by atoms with Crippen LogP contribution < -0.4 is 9.47 Å². The van der Waals surface area contributed by atoms with E-state index in [4.69, 9.17) is 19.6 Å². The lowest BCUT2D eigenvalue weighted by Gasteiger charge is -2.09. The fourth-order valence-electron chi connectivity index (χ4n) is 4.10. The zero-order valence-corrected chi connectivity index (χ0v) is 19.6. The SMILES string of the molecule is COc1ccc(-c2nn(-c3ccccc3)cc2/C=C(\C#N)c2nc3ccccc3n2C)cc1OC. The van der Waals surface area contributed by atoms with Gasteiger partial charge >= 0.3 is 0 Å². The highest BCUT2D eigenvalue weighted by Gasteiger charge is 2.17. The molecule has 172 valence electrons. The monoisotopic (exact) mass is 461 g/mol. The Morgan fingerprint density at radius 2 is 1.69 bits per heavy atom. The maximum atomic E-state index is 10.1. The zero-order valence-electron chi connectivity index (χ0n) is 19.6.